The minimum absolute atomic E-state index is 0.0546. The van der Waals surface area contributed by atoms with E-state index < -0.39 is 23.5 Å². The zero-order chi connectivity index (χ0) is 28.7. The number of ketones is 1. The Bertz CT molecular complexity index is 1820. The molecule has 1 N–H and O–H groups in total. The van der Waals surface area contributed by atoms with E-state index in [1.54, 1.807) is 36.4 Å². The molecule has 7 nitrogen and oxygen atoms in total. The maximum Gasteiger partial charge on any atom is 0.294 e. The van der Waals surface area contributed by atoms with Crippen LogP contribution in [0.15, 0.2) is 113 Å². The fourth-order valence-electron chi connectivity index (χ4n) is 5.04. The first kappa shape index (κ1) is 26.2. The summed E-state index contributed by atoms with van der Waals surface area (Å²) in [6.45, 7) is 1.92. The molecule has 8 heteroatoms. The number of carbonyl (C=O) groups excluding carboxylic acids is 2. The molecule has 204 valence electrons. The zero-order valence-corrected chi connectivity index (χ0v) is 22.9. The molecule has 41 heavy (non-hydrogen) atoms. The number of amides is 1. The molecule has 6 rings (SSSR count). The van der Waals surface area contributed by atoms with Crippen LogP contribution in [0.25, 0.3) is 11.0 Å². The summed E-state index contributed by atoms with van der Waals surface area (Å²) in [6.07, 6.45) is 0. The summed E-state index contributed by atoms with van der Waals surface area (Å²) < 4.78 is 17.2. The second kappa shape index (κ2) is 10.5. The Morgan fingerprint density at radius 2 is 1.66 bits per heavy atom. The average Bonchev–Trinajstić information content (AvgIpc) is 3.52. The van der Waals surface area contributed by atoms with Gasteiger partial charge in [0, 0.05) is 22.2 Å². The van der Waals surface area contributed by atoms with Gasteiger partial charge in [0.05, 0.1) is 18.7 Å². The van der Waals surface area contributed by atoms with Crippen LogP contribution < -0.4 is 14.4 Å². The van der Waals surface area contributed by atoms with Gasteiger partial charge >= 0.3 is 0 Å². The van der Waals surface area contributed by atoms with Gasteiger partial charge in [0.15, 0.2) is 22.9 Å². The molecule has 1 aromatic heterocycles. The standard InChI is InChI=1S/C33H24ClNO6/c1-19-7-6-8-20(15-19)29-28(30(36)26-17-21-16-22(34)18-27(39-2)32(21)41-26)31(37)33(38)35(29)23-11-13-25(14-12-23)40-24-9-4-3-5-10-24/h3-18,29,37H,1-2H3. The highest BCUT2D eigenvalue weighted by atomic mass is 35.5. The van der Waals surface area contributed by atoms with E-state index in [1.807, 2.05) is 61.5 Å². The van der Waals surface area contributed by atoms with Gasteiger partial charge in [-0.05, 0) is 61.0 Å². The molecule has 1 aliphatic rings. The van der Waals surface area contributed by atoms with Gasteiger partial charge in [0.25, 0.3) is 5.91 Å². The Kier molecular flexibility index (Phi) is 6.73. The van der Waals surface area contributed by atoms with Crippen LogP contribution in [-0.4, -0.2) is 23.9 Å². The fraction of sp³-hybridized carbons (Fsp3) is 0.0909. The van der Waals surface area contributed by atoms with E-state index in [4.69, 9.17) is 25.5 Å². The zero-order valence-electron chi connectivity index (χ0n) is 22.1. The number of ether oxygens (including phenoxy) is 2. The number of aryl methyl sites for hydroxylation is 1. The van der Waals surface area contributed by atoms with Gasteiger partial charge in [0.1, 0.15) is 11.5 Å². The first-order chi connectivity index (χ1) is 19.8. The average molecular weight is 566 g/mol. The number of aliphatic hydroxyl groups is 1. The molecule has 5 aromatic rings. The second-order valence-electron chi connectivity index (χ2n) is 9.63. The number of methoxy groups -OCH3 is 1. The van der Waals surface area contributed by atoms with Crippen LogP contribution in [0, 0.1) is 6.92 Å². The molecule has 0 saturated carbocycles. The molecule has 1 aliphatic heterocycles. The summed E-state index contributed by atoms with van der Waals surface area (Å²) in [6, 6.07) is 27.5. The minimum Gasteiger partial charge on any atom is -0.503 e. The highest BCUT2D eigenvalue weighted by Crippen LogP contribution is 2.43. The number of benzene rings is 4. The van der Waals surface area contributed by atoms with E-state index in [1.165, 1.54) is 18.1 Å². The lowest BCUT2D eigenvalue weighted by Crippen LogP contribution is -2.31. The summed E-state index contributed by atoms with van der Waals surface area (Å²) in [5.41, 5.74) is 2.32. The number of Topliss-reactive ketones (excluding diaryl/α,β-unsaturated/α-hetero) is 1. The summed E-state index contributed by atoms with van der Waals surface area (Å²) in [7, 11) is 1.47. The van der Waals surface area contributed by atoms with E-state index in [0.29, 0.717) is 44.5 Å². The van der Waals surface area contributed by atoms with Gasteiger partial charge < -0.3 is 19.0 Å². The lowest BCUT2D eigenvalue weighted by Gasteiger charge is -2.27. The Labute approximate surface area is 240 Å². The van der Waals surface area contributed by atoms with Gasteiger partial charge in [-0.25, -0.2) is 0 Å². The van der Waals surface area contributed by atoms with Crippen LogP contribution in [0.2, 0.25) is 5.02 Å². The number of hydrogen-bond acceptors (Lipinski definition) is 6. The van der Waals surface area contributed by atoms with Crippen molar-refractivity contribution in [2.45, 2.75) is 13.0 Å². The Morgan fingerprint density at radius 1 is 0.927 bits per heavy atom. The molecule has 1 amide bonds. The quantitative estimate of drug-likeness (QED) is 0.201. The van der Waals surface area contributed by atoms with Crippen LogP contribution >= 0.6 is 11.6 Å². The van der Waals surface area contributed by atoms with Crippen molar-refractivity contribution >= 4 is 39.9 Å². The third-order valence-electron chi connectivity index (χ3n) is 6.90. The number of fused-ring (bicyclic) bond motifs is 1. The largest absolute Gasteiger partial charge is 0.503 e. The fourth-order valence-corrected chi connectivity index (χ4v) is 5.26. The highest BCUT2D eigenvalue weighted by molar-refractivity contribution is 6.31. The predicted molar refractivity (Wildman–Crippen MR) is 156 cm³/mol. The van der Waals surface area contributed by atoms with Crippen molar-refractivity contribution in [1.82, 2.24) is 0 Å². The number of carbonyl (C=O) groups is 2. The molecular weight excluding hydrogens is 542 g/mol. The van der Waals surface area contributed by atoms with Gasteiger partial charge in [-0.1, -0.05) is 59.6 Å². The number of anilines is 1. The molecular formula is C33H24ClNO6. The third kappa shape index (κ3) is 4.81. The molecule has 2 heterocycles. The van der Waals surface area contributed by atoms with Crippen molar-refractivity contribution < 1.29 is 28.6 Å². The normalized spacial score (nSPS) is 15.0. The number of furan rings is 1. The van der Waals surface area contributed by atoms with Crippen molar-refractivity contribution in [2.24, 2.45) is 0 Å². The van der Waals surface area contributed by atoms with Gasteiger partial charge in [-0.15, -0.1) is 0 Å². The maximum absolute atomic E-state index is 14.0. The van der Waals surface area contributed by atoms with Crippen LogP contribution in [0.5, 0.6) is 17.2 Å². The van der Waals surface area contributed by atoms with E-state index in [9.17, 15) is 14.7 Å². The van der Waals surface area contributed by atoms with Crippen LogP contribution in [-0.2, 0) is 4.79 Å². The number of rotatable bonds is 7. The molecule has 1 atom stereocenters. The van der Waals surface area contributed by atoms with Crippen LogP contribution in [0.1, 0.15) is 27.7 Å². The summed E-state index contributed by atoms with van der Waals surface area (Å²) in [5.74, 6) is -0.413. The van der Waals surface area contributed by atoms with Crippen molar-refractivity contribution in [3.8, 4) is 17.2 Å². The van der Waals surface area contributed by atoms with E-state index >= 15 is 0 Å². The van der Waals surface area contributed by atoms with Gasteiger partial charge in [-0.2, -0.15) is 0 Å². The van der Waals surface area contributed by atoms with Crippen LogP contribution in [0.3, 0.4) is 0 Å². The number of aliphatic hydroxyl groups excluding tert-OH is 1. The molecule has 0 fully saturated rings. The number of para-hydroxylation sites is 1. The molecule has 4 aromatic carbocycles. The predicted octanol–water partition coefficient (Wildman–Crippen LogP) is 7.98. The monoisotopic (exact) mass is 565 g/mol. The highest BCUT2D eigenvalue weighted by Gasteiger charge is 2.45. The summed E-state index contributed by atoms with van der Waals surface area (Å²) in [5, 5.41) is 12.1. The molecule has 1 unspecified atom stereocenters. The SMILES string of the molecule is COc1cc(Cl)cc2cc(C(=O)C3=C(O)C(=O)N(c4ccc(Oc5ccccc5)cc4)C3c3cccc(C)c3)oc12. The van der Waals surface area contributed by atoms with E-state index in [0.717, 1.165) is 5.56 Å². The first-order valence-electron chi connectivity index (χ1n) is 12.8. The topological polar surface area (TPSA) is 89.2 Å². The Morgan fingerprint density at radius 3 is 2.37 bits per heavy atom. The van der Waals surface area contributed by atoms with Gasteiger partial charge in [-0.3, -0.25) is 14.5 Å². The number of nitrogens with zero attached hydrogens (tertiary/aromatic N) is 1. The molecule has 0 radical (unpaired) electrons. The minimum atomic E-state index is -0.908. The summed E-state index contributed by atoms with van der Waals surface area (Å²) >= 11 is 6.21. The number of halogens is 1. The van der Waals surface area contributed by atoms with Crippen molar-refractivity contribution in [3.05, 3.63) is 130 Å². The number of hydrogen-bond donors (Lipinski definition) is 1. The molecule has 0 aliphatic carbocycles. The maximum atomic E-state index is 14.0. The van der Waals surface area contributed by atoms with Crippen molar-refractivity contribution in [2.75, 3.05) is 12.0 Å². The Hall–Kier alpha value is -5.01. The lowest BCUT2D eigenvalue weighted by atomic mass is 9.94. The third-order valence-corrected chi connectivity index (χ3v) is 7.11. The Balaban J connectivity index is 1.41. The van der Waals surface area contributed by atoms with Gasteiger partial charge in [0.2, 0.25) is 5.78 Å². The second-order valence-corrected chi connectivity index (χ2v) is 10.1. The van der Waals surface area contributed by atoms with E-state index in [2.05, 4.69) is 0 Å². The van der Waals surface area contributed by atoms with Crippen LogP contribution in [0.4, 0.5) is 5.69 Å². The summed E-state index contributed by atoms with van der Waals surface area (Å²) in [4.78, 5) is 29.0. The smallest absolute Gasteiger partial charge is 0.294 e. The van der Waals surface area contributed by atoms with Crippen molar-refractivity contribution in [3.63, 3.8) is 0 Å². The molecule has 0 spiro atoms. The lowest BCUT2D eigenvalue weighted by molar-refractivity contribution is -0.117. The first-order valence-corrected chi connectivity index (χ1v) is 13.2. The molecule has 0 saturated heterocycles. The van der Waals surface area contributed by atoms with E-state index in [-0.39, 0.29) is 11.3 Å². The van der Waals surface area contributed by atoms with Crippen molar-refractivity contribution in [1.29, 1.82) is 0 Å². The molecule has 0 bridgehead atoms.